The molecule has 14 heavy (non-hydrogen) atoms. The van der Waals surface area contributed by atoms with Gasteiger partial charge in [0.2, 0.25) is 0 Å². The average Bonchev–Trinajstić information content (AvgIpc) is 2.15. The molecule has 2 N–H and O–H groups in total. The van der Waals surface area contributed by atoms with Crippen LogP contribution in [0.4, 0.5) is 0 Å². The van der Waals surface area contributed by atoms with E-state index >= 15 is 0 Å². The highest BCUT2D eigenvalue weighted by Crippen LogP contribution is 2.21. The SMILES string of the molecule is CCC(CC1CCCNC1)C(=O)O.Cl. The van der Waals surface area contributed by atoms with Crippen molar-refractivity contribution >= 4 is 18.4 Å². The third-order valence-corrected chi connectivity index (χ3v) is 2.86. The second-order valence-electron chi connectivity index (χ2n) is 3.89. The Morgan fingerprint density at radius 2 is 2.36 bits per heavy atom. The zero-order valence-electron chi connectivity index (χ0n) is 8.66. The standard InChI is InChI=1S/C10H19NO2.ClH/c1-2-9(10(12)13)6-8-4-3-5-11-7-8;/h8-9,11H,2-7H2,1H3,(H,12,13);1H. The van der Waals surface area contributed by atoms with Crippen molar-refractivity contribution in [3.05, 3.63) is 0 Å². The molecule has 1 heterocycles. The molecular formula is C10H20ClNO2. The monoisotopic (exact) mass is 221 g/mol. The number of carboxylic acids is 1. The summed E-state index contributed by atoms with van der Waals surface area (Å²) in [4.78, 5) is 10.8. The van der Waals surface area contributed by atoms with E-state index in [2.05, 4.69) is 5.32 Å². The third kappa shape index (κ3) is 4.29. The van der Waals surface area contributed by atoms with Crippen LogP contribution in [-0.2, 0) is 4.79 Å². The fourth-order valence-electron chi connectivity index (χ4n) is 1.97. The molecule has 1 saturated heterocycles. The van der Waals surface area contributed by atoms with Gasteiger partial charge in [-0.05, 0) is 44.7 Å². The molecule has 0 aromatic carbocycles. The lowest BCUT2D eigenvalue weighted by Gasteiger charge is -2.24. The first kappa shape index (κ1) is 13.7. The normalized spacial score (nSPS) is 23.6. The Morgan fingerprint density at radius 3 is 2.79 bits per heavy atom. The van der Waals surface area contributed by atoms with E-state index in [0.717, 1.165) is 25.9 Å². The molecule has 3 nitrogen and oxygen atoms in total. The van der Waals surface area contributed by atoms with E-state index in [1.807, 2.05) is 6.92 Å². The predicted molar refractivity (Wildman–Crippen MR) is 58.9 cm³/mol. The zero-order valence-corrected chi connectivity index (χ0v) is 9.48. The minimum atomic E-state index is -0.631. The number of nitrogens with one attached hydrogen (secondary N) is 1. The van der Waals surface area contributed by atoms with E-state index in [1.165, 1.54) is 12.8 Å². The molecule has 84 valence electrons. The number of carboxylic acid groups (broad SMARTS) is 1. The average molecular weight is 222 g/mol. The van der Waals surface area contributed by atoms with Crippen molar-refractivity contribution in [1.29, 1.82) is 0 Å². The van der Waals surface area contributed by atoms with Crippen LogP contribution in [0, 0.1) is 11.8 Å². The van der Waals surface area contributed by atoms with Crippen molar-refractivity contribution in [3.8, 4) is 0 Å². The van der Waals surface area contributed by atoms with Crippen molar-refractivity contribution in [2.75, 3.05) is 13.1 Å². The fraction of sp³-hybridized carbons (Fsp3) is 0.900. The van der Waals surface area contributed by atoms with Crippen LogP contribution in [0.5, 0.6) is 0 Å². The largest absolute Gasteiger partial charge is 0.481 e. The van der Waals surface area contributed by atoms with Gasteiger partial charge in [-0.2, -0.15) is 0 Å². The van der Waals surface area contributed by atoms with Gasteiger partial charge in [-0.1, -0.05) is 6.92 Å². The highest BCUT2D eigenvalue weighted by Gasteiger charge is 2.21. The van der Waals surface area contributed by atoms with Gasteiger partial charge in [-0.3, -0.25) is 4.79 Å². The molecule has 1 aliphatic rings. The lowest BCUT2D eigenvalue weighted by atomic mass is 9.88. The van der Waals surface area contributed by atoms with Gasteiger partial charge in [0.15, 0.2) is 0 Å². The zero-order chi connectivity index (χ0) is 9.68. The van der Waals surface area contributed by atoms with E-state index in [9.17, 15) is 4.79 Å². The van der Waals surface area contributed by atoms with Crippen molar-refractivity contribution in [3.63, 3.8) is 0 Å². The smallest absolute Gasteiger partial charge is 0.306 e. The van der Waals surface area contributed by atoms with Crippen molar-refractivity contribution in [2.24, 2.45) is 11.8 Å². The number of hydrogen-bond acceptors (Lipinski definition) is 2. The summed E-state index contributed by atoms with van der Waals surface area (Å²) in [5, 5.41) is 12.2. The number of halogens is 1. The molecule has 1 aliphatic heterocycles. The summed E-state index contributed by atoms with van der Waals surface area (Å²) in [6.07, 6.45) is 3.99. The Kier molecular flexibility index (Phi) is 6.93. The quantitative estimate of drug-likeness (QED) is 0.763. The maximum atomic E-state index is 10.8. The third-order valence-electron chi connectivity index (χ3n) is 2.86. The van der Waals surface area contributed by atoms with Crippen molar-refractivity contribution in [2.45, 2.75) is 32.6 Å². The van der Waals surface area contributed by atoms with Crippen molar-refractivity contribution < 1.29 is 9.90 Å². The number of piperidine rings is 1. The molecule has 0 bridgehead atoms. The van der Waals surface area contributed by atoms with E-state index in [4.69, 9.17) is 5.11 Å². The number of carbonyl (C=O) groups is 1. The minimum absolute atomic E-state index is 0. The van der Waals surface area contributed by atoms with Crippen LogP contribution in [0.25, 0.3) is 0 Å². The molecule has 2 unspecified atom stereocenters. The lowest BCUT2D eigenvalue weighted by Crippen LogP contribution is -2.32. The summed E-state index contributed by atoms with van der Waals surface area (Å²) < 4.78 is 0. The summed E-state index contributed by atoms with van der Waals surface area (Å²) in [6.45, 7) is 4.05. The Hall–Kier alpha value is -0.280. The van der Waals surface area contributed by atoms with Gasteiger partial charge in [-0.25, -0.2) is 0 Å². The van der Waals surface area contributed by atoms with E-state index in [1.54, 1.807) is 0 Å². The summed E-state index contributed by atoms with van der Waals surface area (Å²) >= 11 is 0. The molecule has 0 aromatic rings. The molecule has 1 fully saturated rings. The van der Waals surface area contributed by atoms with Gasteiger partial charge in [-0.15, -0.1) is 12.4 Å². The van der Waals surface area contributed by atoms with Gasteiger partial charge in [0.25, 0.3) is 0 Å². The highest BCUT2D eigenvalue weighted by atomic mass is 35.5. The van der Waals surface area contributed by atoms with Gasteiger partial charge in [0.05, 0.1) is 5.92 Å². The van der Waals surface area contributed by atoms with Crippen LogP contribution in [0.1, 0.15) is 32.6 Å². The molecule has 0 saturated carbocycles. The molecule has 4 heteroatoms. The Morgan fingerprint density at radius 1 is 1.64 bits per heavy atom. The first-order chi connectivity index (χ1) is 6.24. The van der Waals surface area contributed by atoms with Gasteiger partial charge < -0.3 is 10.4 Å². The molecule has 1 rings (SSSR count). The second kappa shape index (κ2) is 7.07. The molecule has 0 amide bonds. The number of rotatable bonds is 4. The fourth-order valence-corrected chi connectivity index (χ4v) is 1.97. The van der Waals surface area contributed by atoms with Crippen molar-refractivity contribution in [1.82, 2.24) is 5.32 Å². The van der Waals surface area contributed by atoms with Crippen LogP contribution in [0.15, 0.2) is 0 Å². The van der Waals surface area contributed by atoms with Crippen LogP contribution in [0.2, 0.25) is 0 Å². The topological polar surface area (TPSA) is 49.3 Å². The first-order valence-corrected chi connectivity index (χ1v) is 5.17. The predicted octanol–water partition coefficient (Wildman–Crippen LogP) is 1.91. The minimum Gasteiger partial charge on any atom is -0.481 e. The van der Waals surface area contributed by atoms with Crippen LogP contribution in [-0.4, -0.2) is 24.2 Å². The Bertz CT molecular complexity index is 170. The molecule has 0 radical (unpaired) electrons. The molecular weight excluding hydrogens is 202 g/mol. The van der Waals surface area contributed by atoms with E-state index in [-0.39, 0.29) is 18.3 Å². The molecule has 2 atom stereocenters. The maximum Gasteiger partial charge on any atom is 0.306 e. The summed E-state index contributed by atoms with van der Waals surface area (Å²) in [5.41, 5.74) is 0. The summed E-state index contributed by atoms with van der Waals surface area (Å²) in [5.74, 6) is -0.187. The second-order valence-corrected chi connectivity index (χ2v) is 3.89. The van der Waals surface area contributed by atoms with Gasteiger partial charge in [0.1, 0.15) is 0 Å². The lowest BCUT2D eigenvalue weighted by molar-refractivity contribution is -0.142. The molecule has 0 aromatic heterocycles. The Balaban J connectivity index is 0.00000169. The van der Waals surface area contributed by atoms with Crippen LogP contribution < -0.4 is 5.32 Å². The maximum absolute atomic E-state index is 10.8. The number of aliphatic carboxylic acids is 1. The summed E-state index contributed by atoms with van der Waals surface area (Å²) in [7, 11) is 0. The van der Waals surface area contributed by atoms with E-state index in [0.29, 0.717) is 5.92 Å². The van der Waals surface area contributed by atoms with Crippen LogP contribution >= 0.6 is 12.4 Å². The van der Waals surface area contributed by atoms with Gasteiger partial charge in [0, 0.05) is 0 Å². The number of hydrogen-bond donors (Lipinski definition) is 2. The van der Waals surface area contributed by atoms with Gasteiger partial charge >= 0.3 is 5.97 Å². The van der Waals surface area contributed by atoms with E-state index < -0.39 is 5.97 Å². The summed E-state index contributed by atoms with van der Waals surface area (Å²) in [6, 6.07) is 0. The Labute approximate surface area is 91.7 Å². The van der Waals surface area contributed by atoms with Crippen LogP contribution in [0.3, 0.4) is 0 Å². The first-order valence-electron chi connectivity index (χ1n) is 5.17. The highest BCUT2D eigenvalue weighted by molar-refractivity contribution is 5.85. The molecule has 0 aliphatic carbocycles. The molecule has 0 spiro atoms.